The van der Waals surface area contributed by atoms with Crippen LogP contribution < -0.4 is 24.8 Å². The smallest absolute Gasteiger partial charge is 1.00 e. The van der Waals surface area contributed by atoms with Crippen LogP contribution in [0.1, 0.15) is 114 Å². The first-order chi connectivity index (χ1) is 27.9. The van der Waals surface area contributed by atoms with Crippen molar-refractivity contribution in [2.24, 2.45) is 78.8 Å². The van der Waals surface area contributed by atoms with Gasteiger partial charge in [-0.15, -0.1) is 0 Å². The molecule has 0 heterocycles. The second-order valence-corrected chi connectivity index (χ2v) is 30.0. The van der Waals surface area contributed by atoms with E-state index in [-0.39, 0.29) is 62.7 Å². The summed E-state index contributed by atoms with van der Waals surface area (Å²) >= 11 is -2.98. The Hall–Kier alpha value is -2.05. The minimum absolute atomic E-state index is 0. The first-order valence-corrected chi connectivity index (χ1v) is 27.6. The molecule has 0 aromatic heterocycles. The van der Waals surface area contributed by atoms with Crippen molar-refractivity contribution in [3.63, 3.8) is 0 Å². The van der Waals surface area contributed by atoms with Crippen LogP contribution in [0.2, 0.25) is 3.63 Å². The predicted molar refractivity (Wildman–Crippen MR) is 248 cm³/mol. The third-order valence-corrected chi connectivity index (χ3v) is 31.9. The summed E-state index contributed by atoms with van der Waals surface area (Å²) in [6.07, 6.45) is 41.5. The van der Waals surface area contributed by atoms with Gasteiger partial charge in [-0.2, -0.15) is 0 Å². The number of fused-ring (bicyclic) bond motifs is 9. The van der Waals surface area contributed by atoms with E-state index in [1.165, 1.54) is 48.4 Å². The zero-order valence-electron chi connectivity index (χ0n) is 38.9. The van der Waals surface area contributed by atoms with Gasteiger partial charge >= 0.3 is 367 Å². The van der Waals surface area contributed by atoms with Crippen LogP contribution in [0.25, 0.3) is 10.8 Å². The first-order valence-electron chi connectivity index (χ1n) is 23.7. The van der Waals surface area contributed by atoms with Crippen LogP contribution in [0, 0.1) is 78.8 Å². The van der Waals surface area contributed by atoms with Crippen LogP contribution in [0.15, 0.2) is 136 Å². The molecule has 0 saturated heterocycles. The standard InChI is InChI=1S/C29H37.C17H23.C12H10.2ClH.Zr/c1-21-14-13-15-22-20-27(6)25(4)18-10-9-16-23(25,2)24(3)17-11-12-19-26(24,5)29(27,8)28(21,22)7;1-11-3-4-14(5-11)17(2)15-7-12-6-13(9-15)10-16(17)8-12;1-2-10-7-8-11-5-3-4-6-12(11)9-10;;;/h9-20,22H,1-8H3;4-5,11-13,15-16H,6-10H2,1-2H3;3-9H,1H3;2*1H;/q;;;;;+2/p-2. The summed E-state index contributed by atoms with van der Waals surface area (Å²) in [5.74, 6) is 4.62. The van der Waals surface area contributed by atoms with E-state index < -0.39 is 21.3 Å². The molecule has 0 amide bonds. The molecular formula is C58H70Cl2Zr. The number of halogens is 2. The van der Waals surface area contributed by atoms with Crippen molar-refractivity contribution >= 4 is 14.0 Å². The van der Waals surface area contributed by atoms with Crippen LogP contribution in [-0.4, -0.2) is 3.21 Å². The zero-order valence-corrected chi connectivity index (χ0v) is 42.8. The first kappa shape index (κ1) is 44.2. The Morgan fingerprint density at radius 2 is 1.21 bits per heavy atom. The third-order valence-electron chi connectivity index (χ3n) is 22.4. The predicted octanol–water partition coefficient (Wildman–Crippen LogP) is 9.17. The number of hydrogen-bond donors (Lipinski definition) is 0. The van der Waals surface area contributed by atoms with Crippen molar-refractivity contribution < 1.29 is 46.1 Å². The summed E-state index contributed by atoms with van der Waals surface area (Å²) < 4.78 is 4.19. The average Bonchev–Trinajstić information content (AvgIpc) is 3.68. The summed E-state index contributed by atoms with van der Waals surface area (Å²) in [6, 6.07) is 16.6. The second-order valence-electron chi connectivity index (χ2n) is 23.2. The molecule has 0 nitrogen and oxygen atoms in total. The van der Waals surface area contributed by atoms with Gasteiger partial charge in [0, 0.05) is 0 Å². The molecule has 61 heavy (non-hydrogen) atoms. The van der Waals surface area contributed by atoms with Gasteiger partial charge in [-0.1, -0.05) is 0 Å². The molecule has 4 bridgehead atoms. The van der Waals surface area contributed by atoms with Crippen molar-refractivity contribution in [2.75, 3.05) is 0 Å². The van der Waals surface area contributed by atoms with E-state index in [2.05, 4.69) is 198 Å². The number of rotatable bonds is 4. The van der Waals surface area contributed by atoms with Crippen molar-refractivity contribution in [2.45, 2.75) is 112 Å². The van der Waals surface area contributed by atoms with Crippen LogP contribution in [-0.2, 0) is 21.3 Å². The zero-order chi connectivity index (χ0) is 41.3. The quantitative estimate of drug-likeness (QED) is 0.287. The van der Waals surface area contributed by atoms with Crippen molar-refractivity contribution in [1.82, 2.24) is 0 Å². The van der Waals surface area contributed by atoms with Crippen molar-refractivity contribution in [1.29, 1.82) is 0 Å². The SMILES string of the molecule is CC1=CC=CC2[CH](/[Zr+2]([C]3=CC(C4(C)C5CC6CC(C5)CC4C6)=CC3C)=[C](\C)c3ccc4ccccc4c3)C3(C)C4(C)C=CC=CC4(C)C4(C)C=CC=CC4(C)C3(C)C12C.[Cl-].[Cl-]. The monoisotopic (exact) mass is 926 g/mol. The molecular weight excluding hydrogens is 859 g/mol. The molecule has 0 N–H and O–H groups in total. The van der Waals surface area contributed by atoms with Gasteiger partial charge in [0.15, 0.2) is 0 Å². The van der Waals surface area contributed by atoms with E-state index >= 15 is 0 Å². The molecule has 10 aliphatic rings. The van der Waals surface area contributed by atoms with Gasteiger partial charge in [-0.05, 0) is 0 Å². The van der Waals surface area contributed by atoms with Gasteiger partial charge in [0.25, 0.3) is 0 Å². The summed E-state index contributed by atoms with van der Waals surface area (Å²) in [5.41, 5.74) is 4.62. The maximum atomic E-state index is 2.95. The molecule has 0 aliphatic heterocycles. The molecule has 10 atom stereocenters. The number of allylic oxidation sites excluding steroid dienone is 16. The minimum atomic E-state index is -2.98. The Morgan fingerprint density at radius 3 is 1.84 bits per heavy atom. The molecule has 6 saturated carbocycles. The molecule has 3 heteroatoms. The molecule has 6 fully saturated rings. The van der Waals surface area contributed by atoms with Gasteiger partial charge in [-0.3, -0.25) is 0 Å². The fraction of sp³-hybridized carbons (Fsp3) is 0.534. The molecule has 2 aromatic rings. The Balaban J connectivity index is 0.00000238. The molecule has 0 spiro atoms. The molecule has 10 aliphatic carbocycles. The van der Waals surface area contributed by atoms with Gasteiger partial charge in [-0.25, -0.2) is 0 Å². The van der Waals surface area contributed by atoms with Crippen LogP contribution >= 0.6 is 0 Å². The third kappa shape index (κ3) is 4.87. The van der Waals surface area contributed by atoms with Gasteiger partial charge in [0.05, 0.1) is 0 Å². The Kier molecular flexibility index (Phi) is 10.1. The second kappa shape index (κ2) is 14.0. The average molecular weight is 929 g/mol. The summed E-state index contributed by atoms with van der Waals surface area (Å²) in [6.45, 7) is 29.8. The van der Waals surface area contributed by atoms with E-state index in [0.29, 0.717) is 20.9 Å². The van der Waals surface area contributed by atoms with E-state index in [1.54, 1.807) is 14.4 Å². The fourth-order valence-corrected chi connectivity index (χ4v) is 29.7. The topological polar surface area (TPSA) is 0 Å². The van der Waals surface area contributed by atoms with Crippen LogP contribution in [0.3, 0.4) is 0 Å². The molecule has 2 aromatic carbocycles. The fourth-order valence-electron chi connectivity index (χ4n) is 18.4. The summed E-state index contributed by atoms with van der Waals surface area (Å²) in [4.78, 5) is 0. The largest absolute Gasteiger partial charge is 1.00 e. The maximum Gasteiger partial charge on any atom is -1.00 e. The Bertz CT molecular complexity index is 2470. The summed E-state index contributed by atoms with van der Waals surface area (Å²) in [5, 5.41) is 2.73. The van der Waals surface area contributed by atoms with Crippen molar-refractivity contribution in [3.05, 3.63) is 141 Å². The minimum Gasteiger partial charge on any atom is -1.00 e. The molecule has 10 unspecified atom stereocenters. The number of hydrogen-bond acceptors (Lipinski definition) is 0. The maximum absolute atomic E-state index is 2.98. The van der Waals surface area contributed by atoms with Crippen LogP contribution in [0.5, 0.6) is 0 Å². The Morgan fingerprint density at radius 1 is 0.656 bits per heavy atom. The molecule has 12 rings (SSSR count). The summed E-state index contributed by atoms with van der Waals surface area (Å²) in [7, 11) is 0. The van der Waals surface area contributed by atoms with Gasteiger partial charge in [0.2, 0.25) is 0 Å². The van der Waals surface area contributed by atoms with E-state index in [0.717, 1.165) is 23.7 Å². The Labute approximate surface area is 389 Å². The van der Waals surface area contributed by atoms with E-state index in [9.17, 15) is 0 Å². The van der Waals surface area contributed by atoms with Crippen LogP contribution in [0.4, 0.5) is 0 Å². The molecule has 320 valence electrons. The van der Waals surface area contributed by atoms with E-state index in [1.807, 2.05) is 3.28 Å². The van der Waals surface area contributed by atoms with Gasteiger partial charge in [0.1, 0.15) is 0 Å². The normalized spacial score (nSPS) is 48.0. The van der Waals surface area contributed by atoms with Crippen molar-refractivity contribution in [3.8, 4) is 0 Å². The van der Waals surface area contributed by atoms with E-state index in [4.69, 9.17) is 0 Å². The van der Waals surface area contributed by atoms with Gasteiger partial charge < -0.3 is 24.8 Å². The molecule has 0 radical (unpaired) electrons. The number of benzene rings is 2.